The molecule has 2 aromatic rings. The van der Waals surface area contributed by atoms with Crippen molar-refractivity contribution in [3.05, 3.63) is 93.4 Å². The summed E-state index contributed by atoms with van der Waals surface area (Å²) in [6, 6.07) is 17.1. The maximum Gasteiger partial charge on any atom is 0.270 e. The zero-order valence-corrected chi connectivity index (χ0v) is 17.6. The van der Waals surface area contributed by atoms with Crippen molar-refractivity contribution in [2.75, 3.05) is 0 Å². The Morgan fingerprint density at radius 3 is 2.55 bits per heavy atom. The SMILES string of the molecule is Cc1ccc(C(=O)NN2C(N)=C(C#N)C(c3cccc(C)c3)C3=C2CCCC3=O)cc1. The summed E-state index contributed by atoms with van der Waals surface area (Å²) in [5.74, 6) is -0.732. The first kappa shape index (κ1) is 20.4. The van der Waals surface area contributed by atoms with Crippen LogP contribution in [0.25, 0.3) is 0 Å². The number of hydrogen-bond acceptors (Lipinski definition) is 5. The number of nitriles is 1. The maximum absolute atomic E-state index is 13.0. The molecule has 1 aliphatic carbocycles. The van der Waals surface area contributed by atoms with Gasteiger partial charge < -0.3 is 5.73 Å². The van der Waals surface area contributed by atoms with Crippen LogP contribution in [0.15, 0.2) is 71.2 Å². The lowest BCUT2D eigenvalue weighted by atomic mass is 9.76. The van der Waals surface area contributed by atoms with Crippen molar-refractivity contribution in [1.29, 1.82) is 5.26 Å². The number of carbonyl (C=O) groups excluding carboxylic acids is 2. The molecule has 6 nitrogen and oxygen atoms in total. The first-order valence-corrected chi connectivity index (χ1v) is 10.3. The largest absolute Gasteiger partial charge is 0.383 e. The van der Waals surface area contributed by atoms with Crippen molar-refractivity contribution in [1.82, 2.24) is 10.4 Å². The molecule has 4 rings (SSSR count). The van der Waals surface area contributed by atoms with Crippen LogP contribution in [0.3, 0.4) is 0 Å². The molecule has 1 unspecified atom stereocenters. The lowest BCUT2D eigenvalue weighted by Gasteiger charge is -2.39. The molecule has 1 aliphatic heterocycles. The maximum atomic E-state index is 13.0. The summed E-state index contributed by atoms with van der Waals surface area (Å²) >= 11 is 0. The van der Waals surface area contributed by atoms with Gasteiger partial charge in [-0.05, 0) is 44.4 Å². The number of hydrazine groups is 1. The minimum atomic E-state index is -0.528. The average Bonchev–Trinajstić information content (AvgIpc) is 2.75. The van der Waals surface area contributed by atoms with E-state index >= 15 is 0 Å². The zero-order chi connectivity index (χ0) is 22.1. The lowest BCUT2D eigenvalue weighted by molar-refractivity contribution is -0.116. The third kappa shape index (κ3) is 3.71. The highest BCUT2D eigenvalue weighted by Crippen LogP contribution is 2.44. The number of rotatable bonds is 3. The van der Waals surface area contributed by atoms with E-state index in [4.69, 9.17) is 5.73 Å². The second kappa shape index (κ2) is 8.11. The summed E-state index contributed by atoms with van der Waals surface area (Å²) in [4.78, 5) is 25.9. The third-order valence-electron chi connectivity index (χ3n) is 5.82. The zero-order valence-electron chi connectivity index (χ0n) is 17.6. The summed E-state index contributed by atoms with van der Waals surface area (Å²) in [7, 11) is 0. The molecule has 0 saturated carbocycles. The predicted molar refractivity (Wildman–Crippen MR) is 117 cm³/mol. The molecule has 0 aromatic heterocycles. The number of aryl methyl sites for hydroxylation is 2. The minimum Gasteiger partial charge on any atom is -0.383 e. The van der Waals surface area contributed by atoms with E-state index < -0.39 is 5.92 Å². The van der Waals surface area contributed by atoms with Gasteiger partial charge in [0.05, 0.1) is 17.6 Å². The van der Waals surface area contributed by atoms with Crippen LogP contribution < -0.4 is 11.2 Å². The van der Waals surface area contributed by atoms with E-state index in [0.717, 1.165) is 16.7 Å². The number of nitrogens with zero attached hydrogens (tertiary/aromatic N) is 2. The summed E-state index contributed by atoms with van der Waals surface area (Å²) < 4.78 is 0. The highest BCUT2D eigenvalue weighted by Gasteiger charge is 2.40. The Morgan fingerprint density at radius 1 is 1.13 bits per heavy atom. The van der Waals surface area contributed by atoms with Gasteiger partial charge in [0.15, 0.2) is 5.78 Å². The van der Waals surface area contributed by atoms with Crippen molar-refractivity contribution in [3.63, 3.8) is 0 Å². The standard InChI is InChI=1S/C25H24N4O2/c1-15-9-11-17(12-10-15)25(31)28-29-20-7-4-8-21(30)23(20)22(19(14-26)24(29)27)18-6-3-5-16(2)13-18/h3,5-6,9-13,22H,4,7-8,27H2,1-2H3,(H,28,31). The van der Waals surface area contributed by atoms with Crippen molar-refractivity contribution in [2.24, 2.45) is 5.73 Å². The van der Waals surface area contributed by atoms with Crippen LogP contribution in [-0.4, -0.2) is 16.7 Å². The van der Waals surface area contributed by atoms with E-state index in [2.05, 4.69) is 11.5 Å². The highest BCUT2D eigenvalue weighted by molar-refractivity contribution is 6.00. The molecule has 2 aromatic carbocycles. The van der Waals surface area contributed by atoms with E-state index in [1.165, 1.54) is 5.01 Å². The predicted octanol–water partition coefficient (Wildman–Crippen LogP) is 3.75. The van der Waals surface area contributed by atoms with E-state index in [-0.39, 0.29) is 23.1 Å². The Hall–Kier alpha value is -3.85. The molecule has 3 N–H and O–H groups in total. The number of allylic oxidation sites excluding steroid dienone is 3. The third-order valence-corrected chi connectivity index (χ3v) is 5.82. The average molecular weight is 412 g/mol. The second-order valence-corrected chi connectivity index (χ2v) is 8.04. The number of hydrogen-bond donors (Lipinski definition) is 2. The molecule has 0 fully saturated rings. The summed E-state index contributed by atoms with van der Waals surface area (Å²) in [5, 5.41) is 11.4. The number of carbonyl (C=O) groups is 2. The molecule has 0 spiro atoms. The molecule has 156 valence electrons. The molecule has 1 atom stereocenters. The normalized spacial score (nSPS) is 18.5. The van der Waals surface area contributed by atoms with Crippen LogP contribution in [0, 0.1) is 25.2 Å². The van der Waals surface area contributed by atoms with Crippen molar-refractivity contribution >= 4 is 11.7 Å². The Morgan fingerprint density at radius 2 is 1.87 bits per heavy atom. The van der Waals surface area contributed by atoms with Gasteiger partial charge in [0.2, 0.25) is 0 Å². The molecule has 1 heterocycles. The summed E-state index contributed by atoms with van der Waals surface area (Å²) in [6.07, 6.45) is 1.68. The molecule has 0 bridgehead atoms. The first-order chi connectivity index (χ1) is 14.9. The van der Waals surface area contributed by atoms with Gasteiger partial charge in [0.1, 0.15) is 5.82 Å². The van der Waals surface area contributed by atoms with Gasteiger partial charge in [-0.1, -0.05) is 47.5 Å². The van der Waals surface area contributed by atoms with E-state index in [1.807, 2.05) is 50.2 Å². The molecular weight excluding hydrogens is 388 g/mol. The van der Waals surface area contributed by atoms with Crippen LogP contribution in [0.1, 0.15) is 52.2 Å². The van der Waals surface area contributed by atoms with Crippen LogP contribution in [0.2, 0.25) is 0 Å². The number of nitrogens with two attached hydrogens (primary N) is 1. The molecule has 0 radical (unpaired) electrons. The number of benzene rings is 2. The number of ketones is 1. The van der Waals surface area contributed by atoms with Crippen LogP contribution >= 0.6 is 0 Å². The Kier molecular flexibility index (Phi) is 5.35. The number of amides is 1. The van der Waals surface area contributed by atoms with Gasteiger partial charge in [-0.3, -0.25) is 15.0 Å². The van der Waals surface area contributed by atoms with Gasteiger partial charge >= 0.3 is 0 Å². The fraction of sp³-hybridized carbons (Fsp3) is 0.240. The van der Waals surface area contributed by atoms with Crippen LogP contribution in [0.4, 0.5) is 0 Å². The van der Waals surface area contributed by atoms with Gasteiger partial charge in [-0.15, -0.1) is 0 Å². The van der Waals surface area contributed by atoms with Crippen molar-refractivity contribution in [3.8, 4) is 6.07 Å². The smallest absolute Gasteiger partial charge is 0.270 e. The Labute approximate surface area is 181 Å². The summed E-state index contributed by atoms with van der Waals surface area (Å²) in [5.41, 5.74) is 14.1. The second-order valence-electron chi connectivity index (χ2n) is 8.04. The number of nitrogens with one attached hydrogen (secondary N) is 1. The molecule has 0 saturated heterocycles. The fourth-order valence-electron chi connectivity index (χ4n) is 4.27. The van der Waals surface area contributed by atoms with Crippen molar-refractivity contribution < 1.29 is 9.59 Å². The quantitative estimate of drug-likeness (QED) is 0.800. The van der Waals surface area contributed by atoms with E-state index in [9.17, 15) is 14.9 Å². The van der Waals surface area contributed by atoms with E-state index in [1.54, 1.807) is 12.1 Å². The lowest BCUT2D eigenvalue weighted by Crippen LogP contribution is -2.48. The molecule has 1 amide bonds. The van der Waals surface area contributed by atoms with Crippen molar-refractivity contribution in [2.45, 2.75) is 39.0 Å². The summed E-state index contributed by atoms with van der Waals surface area (Å²) in [6.45, 7) is 3.92. The van der Waals surface area contributed by atoms with Gasteiger partial charge in [-0.25, -0.2) is 5.01 Å². The number of Topliss-reactive ketones (excluding diaryl/α,β-unsaturated/α-hetero) is 1. The van der Waals surface area contributed by atoms with E-state index in [0.29, 0.717) is 36.1 Å². The van der Waals surface area contributed by atoms with Crippen LogP contribution in [0.5, 0.6) is 0 Å². The monoisotopic (exact) mass is 412 g/mol. The fourth-order valence-corrected chi connectivity index (χ4v) is 4.27. The Balaban J connectivity index is 1.81. The first-order valence-electron chi connectivity index (χ1n) is 10.3. The minimum absolute atomic E-state index is 0.0115. The molecule has 2 aliphatic rings. The van der Waals surface area contributed by atoms with Gasteiger partial charge in [0, 0.05) is 23.3 Å². The Bertz CT molecular complexity index is 1170. The highest BCUT2D eigenvalue weighted by atomic mass is 16.2. The molecule has 6 heteroatoms. The molecule has 31 heavy (non-hydrogen) atoms. The molecular formula is C25H24N4O2. The van der Waals surface area contributed by atoms with Gasteiger partial charge in [-0.2, -0.15) is 5.26 Å². The topological polar surface area (TPSA) is 99.2 Å². The van der Waals surface area contributed by atoms with Crippen LogP contribution in [-0.2, 0) is 4.79 Å². The van der Waals surface area contributed by atoms with Gasteiger partial charge in [0.25, 0.3) is 5.91 Å².